The van der Waals surface area contributed by atoms with Gasteiger partial charge in [0.1, 0.15) is 11.9 Å². The Bertz CT molecular complexity index is 331. The summed E-state index contributed by atoms with van der Waals surface area (Å²) in [6.45, 7) is 6.54. The third-order valence-corrected chi connectivity index (χ3v) is 3.37. The normalized spacial score (nSPS) is 22.0. The third-order valence-electron chi connectivity index (χ3n) is 3.37. The van der Waals surface area contributed by atoms with Gasteiger partial charge in [-0.1, -0.05) is 32.0 Å². The molecule has 2 nitrogen and oxygen atoms in total. The second-order valence-electron chi connectivity index (χ2n) is 4.58. The summed E-state index contributed by atoms with van der Waals surface area (Å²) in [4.78, 5) is 0. The molecule has 0 bridgehead atoms. The monoisotopic (exact) mass is 219 g/mol. The lowest BCUT2D eigenvalue weighted by molar-refractivity contribution is 0.220. The quantitative estimate of drug-likeness (QED) is 0.840. The van der Waals surface area contributed by atoms with Crippen molar-refractivity contribution in [2.24, 2.45) is 0 Å². The average molecular weight is 219 g/mol. The fraction of sp³-hybridized carbons (Fsp3) is 0.571. The summed E-state index contributed by atoms with van der Waals surface area (Å²) in [5.41, 5.74) is 1.34. The molecule has 16 heavy (non-hydrogen) atoms. The van der Waals surface area contributed by atoms with Crippen LogP contribution in [0.5, 0.6) is 5.75 Å². The number of hydrogen-bond acceptors (Lipinski definition) is 2. The Hall–Kier alpha value is -1.02. The van der Waals surface area contributed by atoms with Crippen molar-refractivity contribution in [2.75, 3.05) is 13.1 Å². The van der Waals surface area contributed by atoms with Crippen LogP contribution >= 0.6 is 0 Å². The van der Waals surface area contributed by atoms with E-state index in [0.717, 1.165) is 31.7 Å². The van der Waals surface area contributed by atoms with Gasteiger partial charge in [-0.3, -0.25) is 0 Å². The van der Waals surface area contributed by atoms with E-state index in [9.17, 15) is 0 Å². The number of rotatable bonds is 4. The van der Waals surface area contributed by atoms with Gasteiger partial charge in [-0.2, -0.15) is 0 Å². The predicted octanol–water partition coefficient (Wildman–Crippen LogP) is 2.94. The Kier molecular flexibility index (Phi) is 3.83. The number of para-hydroxylation sites is 1. The molecule has 0 aromatic heterocycles. The minimum atomic E-state index is 0.352. The van der Waals surface area contributed by atoms with Gasteiger partial charge in [0.25, 0.3) is 0 Å². The first kappa shape index (κ1) is 11.5. The van der Waals surface area contributed by atoms with E-state index in [1.807, 2.05) is 0 Å². The summed E-state index contributed by atoms with van der Waals surface area (Å²) in [6.07, 6.45) is 2.63. The minimum Gasteiger partial charge on any atom is -0.489 e. The van der Waals surface area contributed by atoms with Crippen LogP contribution in [0.2, 0.25) is 0 Å². The molecule has 1 fully saturated rings. The van der Waals surface area contributed by atoms with Crippen LogP contribution in [0.15, 0.2) is 24.3 Å². The van der Waals surface area contributed by atoms with Gasteiger partial charge in [0.2, 0.25) is 0 Å². The number of benzene rings is 1. The van der Waals surface area contributed by atoms with E-state index in [1.165, 1.54) is 5.56 Å². The molecule has 1 N–H and O–H groups in total. The third kappa shape index (κ3) is 2.56. The Balaban J connectivity index is 2.12. The predicted molar refractivity (Wildman–Crippen MR) is 67.1 cm³/mol. The Morgan fingerprint density at radius 1 is 1.44 bits per heavy atom. The highest BCUT2D eigenvalue weighted by Gasteiger charge is 2.18. The molecule has 2 rings (SSSR count). The molecule has 1 aliphatic rings. The summed E-state index contributed by atoms with van der Waals surface area (Å²) < 4.78 is 6.07. The van der Waals surface area contributed by atoms with Gasteiger partial charge in [0, 0.05) is 6.54 Å². The van der Waals surface area contributed by atoms with E-state index in [4.69, 9.17) is 4.74 Å². The summed E-state index contributed by atoms with van der Waals surface area (Å²) in [5, 5.41) is 3.33. The van der Waals surface area contributed by atoms with E-state index >= 15 is 0 Å². The molecule has 1 heterocycles. The topological polar surface area (TPSA) is 21.3 Å². The molecule has 0 saturated carbocycles. The number of nitrogens with one attached hydrogen (secondary N) is 1. The lowest BCUT2D eigenvalue weighted by Crippen LogP contribution is -2.20. The molecule has 1 aromatic carbocycles. The van der Waals surface area contributed by atoms with Crippen molar-refractivity contribution in [1.82, 2.24) is 5.32 Å². The van der Waals surface area contributed by atoms with Crippen LogP contribution in [-0.2, 0) is 0 Å². The molecule has 1 saturated heterocycles. The molecule has 0 spiro atoms. The highest BCUT2D eigenvalue weighted by Crippen LogP contribution is 2.29. The molecule has 2 heteroatoms. The highest BCUT2D eigenvalue weighted by molar-refractivity contribution is 5.36. The Morgan fingerprint density at radius 2 is 2.25 bits per heavy atom. The van der Waals surface area contributed by atoms with E-state index in [2.05, 4.69) is 43.4 Å². The summed E-state index contributed by atoms with van der Waals surface area (Å²) in [5.74, 6) is 1.65. The zero-order chi connectivity index (χ0) is 11.4. The lowest BCUT2D eigenvalue weighted by Gasteiger charge is -2.18. The smallest absolute Gasteiger partial charge is 0.123 e. The molecule has 88 valence electrons. The zero-order valence-electron chi connectivity index (χ0n) is 10.2. The molecule has 1 aliphatic heterocycles. The standard InChI is InChI=1S/C14H21NO/c1-3-11(2)13-6-4-5-7-14(13)16-12-8-9-15-10-12/h4-7,11-12,15H,3,8-10H2,1-2H3/t11-,12+/m1/s1. The van der Waals surface area contributed by atoms with Crippen molar-refractivity contribution in [3.63, 3.8) is 0 Å². The zero-order valence-corrected chi connectivity index (χ0v) is 10.2. The van der Waals surface area contributed by atoms with E-state index in [-0.39, 0.29) is 0 Å². The molecule has 1 aromatic rings. The first-order valence-electron chi connectivity index (χ1n) is 6.27. The van der Waals surface area contributed by atoms with Crippen molar-refractivity contribution in [3.05, 3.63) is 29.8 Å². The fourth-order valence-corrected chi connectivity index (χ4v) is 2.12. The van der Waals surface area contributed by atoms with Crippen LogP contribution in [0.25, 0.3) is 0 Å². The largest absolute Gasteiger partial charge is 0.489 e. The van der Waals surface area contributed by atoms with Crippen LogP contribution in [-0.4, -0.2) is 19.2 Å². The Morgan fingerprint density at radius 3 is 2.94 bits per heavy atom. The van der Waals surface area contributed by atoms with Gasteiger partial charge in [-0.25, -0.2) is 0 Å². The van der Waals surface area contributed by atoms with Gasteiger partial charge in [-0.15, -0.1) is 0 Å². The van der Waals surface area contributed by atoms with Crippen molar-refractivity contribution in [1.29, 1.82) is 0 Å². The van der Waals surface area contributed by atoms with E-state index < -0.39 is 0 Å². The van der Waals surface area contributed by atoms with Crippen molar-refractivity contribution >= 4 is 0 Å². The first-order chi connectivity index (χ1) is 7.81. The van der Waals surface area contributed by atoms with Crippen molar-refractivity contribution in [2.45, 2.75) is 38.7 Å². The fourth-order valence-electron chi connectivity index (χ4n) is 2.12. The number of ether oxygens (including phenoxy) is 1. The SMILES string of the molecule is CC[C@@H](C)c1ccccc1O[C@H]1CCNC1. The molecular formula is C14H21NO. The van der Waals surface area contributed by atoms with Gasteiger partial charge < -0.3 is 10.1 Å². The van der Waals surface area contributed by atoms with Crippen LogP contribution < -0.4 is 10.1 Å². The van der Waals surface area contributed by atoms with Crippen molar-refractivity contribution < 1.29 is 4.74 Å². The highest BCUT2D eigenvalue weighted by atomic mass is 16.5. The molecule has 0 amide bonds. The number of hydrogen-bond donors (Lipinski definition) is 1. The molecule has 0 aliphatic carbocycles. The lowest BCUT2D eigenvalue weighted by atomic mass is 9.98. The second-order valence-corrected chi connectivity index (χ2v) is 4.58. The van der Waals surface area contributed by atoms with Crippen LogP contribution in [0.1, 0.15) is 38.2 Å². The maximum absolute atomic E-state index is 6.07. The Labute approximate surface area is 98.0 Å². The van der Waals surface area contributed by atoms with E-state index in [1.54, 1.807) is 0 Å². The van der Waals surface area contributed by atoms with Gasteiger partial charge in [0.05, 0.1) is 0 Å². The molecule has 0 unspecified atom stereocenters. The summed E-state index contributed by atoms with van der Waals surface area (Å²) in [7, 11) is 0. The average Bonchev–Trinajstić information content (AvgIpc) is 2.82. The van der Waals surface area contributed by atoms with Crippen LogP contribution in [0, 0.1) is 0 Å². The molecule has 0 radical (unpaired) electrons. The maximum atomic E-state index is 6.07. The summed E-state index contributed by atoms with van der Waals surface area (Å²) >= 11 is 0. The molecule has 2 atom stereocenters. The minimum absolute atomic E-state index is 0.352. The first-order valence-corrected chi connectivity index (χ1v) is 6.27. The maximum Gasteiger partial charge on any atom is 0.123 e. The van der Waals surface area contributed by atoms with E-state index in [0.29, 0.717) is 12.0 Å². The van der Waals surface area contributed by atoms with Gasteiger partial charge in [-0.05, 0) is 36.9 Å². The summed E-state index contributed by atoms with van der Waals surface area (Å²) in [6, 6.07) is 8.44. The van der Waals surface area contributed by atoms with Gasteiger partial charge in [0.15, 0.2) is 0 Å². The second kappa shape index (κ2) is 5.35. The van der Waals surface area contributed by atoms with Crippen LogP contribution in [0.3, 0.4) is 0 Å². The van der Waals surface area contributed by atoms with Gasteiger partial charge >= 0.3 is 0 Å². The molecular weight excluding hydrogens is 198 g/mol. The van der Waals surface area contributed by atoms with Crippen LogP contribution in [0.4, 0.5) is 0 Å². The van der Waals surface area contributed by atoms with Crippen molar-refractivity contribution in [3.8, 4) is 5.75 Å².